The Balaban J connectivity index is 2.29. The fourth-order valence-corrected chi connectivity index (χ4v) is 2.85. The summed E-state index contributed by atoms with van der Waals surface area (Å²) in [6.45, 7) is 2.25. The molecule has 14 heavy (non-hydrogen) atoms. The minimum Gasteiger partial charge on any atom is -0.402 e. The molecule has 0 saturated heterocycles. The molecule has 1 nitrogen and oxygen atoms in total. The molecule has 0 aromatic heterocycles. The second-order valence-electron chi connectivity index (χ2n) is 4.12. The third-order valence-electron chi connectivity index (χ3n) is 2.65. The molecular formula is C12H20IN. The van der Waals surface area contributed by atoms with Crippen molar-refractivity contribution in [2.24, 2.45) is 5.73 Å². The van der Waals surface area contributed by atoms with Crippen LogP contribution in [0.15, 0.2) is 23.9 Å². The fourth-order valence-electron chi connectivity index (χ4n) is 1.82. The van der Waals surface area contributed by atoms with Gasteiger partial charge in [-0.2, -0.15) is 0 Å². The summed E-state index contributed by atoms with van der Waals surface area (Å²) in [7, 11) is 0. The Morgan fingerprint density at radius 2 is 2.21 bits per heavy atom. The van der Waals surface area contributed by atoms with Crippen molar-refractivity contribution in [3.8, 4) is 0 Å². The highest BCUT2D eigenvalue weighted by atomic mass is 127. The lowest BCUT2D eigenvalue weighted by molar-refractivity contribution is 0.570. The number of alkyl halides is 1. The van der Waals surface area contributed by atoms with Crippen molar-refractivity contribution in [3.05, 3.63) is 23.9 Å². The van der Waals surface area contributed by atoms with E-state index in [9.17, 15) is 0 Å². The van der Waals surface area contributed by atoms with E-state index in [4.69, 9.17) is 5.73 Å². The van der Waals surface area contributed by atoms with Crippen LogP contribution in [0.25, 0.3) is 0 Å². The number of rotatable bonds is 5. The van der Waals surface area contributed by atoms with E-state index >= 15 is 0 Å². The molecule has 0 spiro atoms. The monoisotopic (exact) mass is 305 g/mol. The van der Waals surface area contributed by atoms with Crippen molar-refractivity contribution in [1.82, 2.24) is 0 Å². The second-order valence-corrected chi connectivity index (χ2v) is 6.27. The SMILES string of the molecule is CCCCCCC1(I)C=CC=C(N)C1. The van der Waals surface area contributed by atoms with Crippen molar-refractivity contribution in [1.29, 1.82) is 0 Å². The number of hydrogen-bond acceptors (Lipinski definition) is 1. The summed E-state index contributed by atoms with van der Waals surface area (Å²) in [5, 5.41) is 0. The summed E-state index contributed by atoms with van der Waals surface area (Å²) in [6, 6.07) is 0. The van der Waals surface area contributed by atoms with E-state index in [1.807, 2.05) is 6.08 Å². The first-order valence-electron chi connectivity index (χ1n) is 5.49. The van der Waals surface area contributed by atoms with Crippen molar-refractivity contribution >= 4 is 22.6 Å². The molecule has 1 unspecified atom stereocenters. The molecule has 0 aromatic carbocycles. The smallest absolute Gasteiger partial charge is 0.0458 e. The van der Waals surface area contributed by atoms with Crippen LogP contribution in [-0.2, 0) is 0 Å². The van der Waals surface area contributed by atoms with Gasteiger partial charge in [-0.3, -0.25) is 0 Å². The average Bonchev–Trinajstić information content (AvgIpc) is 2.12. The van der Waals surface area contributed by atoms with Crippen molar-refractivity contribution < 1.29 is 0 Å². The Bertz CT molecular complexity index is 232. The second kappa shape index (κ2) is 5.79. The van der Waals surface area contributed by atoms with Crippen LogP contribution < -0.4 is 5.73 Å². The highest BCUT2D eigenvalue weighted by Gasteiger charge is 2.24. The molecule has 0 saturated carbocycles. The lowest BCUT2D eigenvalue weighted by atomic mass is 9.92. The molecule has 1 rings (SSSR count). The van der Waals surface area contributed by atoms with Crippen molar-refractivity contribution in [2.45, 2.75) is 48.9 Å². The van der Waals surface area contributed by atoms with E-state index in [-0.39, 0.29) is 0 Å². The molecule has 2 N–H and O–H groups in total. The van der Waals surface area contributed by atoms with Gasteiger partial charge in [0.25, 0.3) is 0 Å². The fraction of sp³-hybridized carbons (Fsp3) is 0.667. The molecule has 0 radical (unpaired) electrons. The van der Waals surface area contributed by atoms with Gasteiger partial charge in [-0.05, 0) is 12.5 Å². The van der Waals surface area contributed by atoms with Crippen LogP contribution in [0.1, 0.15) is 45.4 Å². The van der Waals surface area contributed by atoms with Gasteiger partial charge in [0.2, 0.25) is 0 Å². The number of allylic oxidation sites excluding steroid dienone is 4. The third-order valence-corrected chi connectivity index (χ3v) is 3.93. The van der Waals surface area contributed by atoms with Gasteiger partial charge >= 0.3 is 0 Å². The van der Waals surface area contributed by atoms with E-state index in [1.54, 1.807) is 0 Å². The predicted octanol–water partition coefficient (Wildman–Crippen LogP) is 3.93. The molecule has 80 valence electrons. The molecule has 0 bridgehead atoms. The molecule has 0 aromatic rings. The summed E-state index contributed by atoms with van der Waals surface area (Å²) in [5.41, 5.74) is 6.87. The summed E-state index contributed by atoms with van der Waals surface area (Å²) in [6.07, 6.45) is 14.1. The lowest BCUT2D eigenvalue weighted by Crippen LogP contribution is -2.22. The maximum Gasteiger partial charge on any atom is 0.0458 e. The van der Waals surface area contributed by atoms with E-state index in [2.05, 4.69) is 41.7 Å². The predicted molar refractivity (Wildman–Crippen MR) is 71.5 cm³/mol. The van der Waals surface area contributed by atoms with Crippen molar-refractivity contribution in [3.63, 3.8) is 0 Å². The first kappa shape index (κ1) is 12.1. The normalized spacial score (nSPS) is 26.3. The molecule has 1 aliphatic carbocycles. The zero-order chi connectivity index (χ0) is 10.4. The van der Waals surface area contributed by atoms with E-state index in [1.165, 1.54) is 32.1 Å². The van der Waals surface area contributed by atoms with Crippen LogP contribution >= 0.6 is 22.6 Å². The van der Waals surface area contributed by atoms with Gasteiger partial charge in [0.05, 0.1) is 0 Å². The van der Waals surface area contributed by atoms with Crippen molar-refractivity contribution in [2.75, 3.05) is 0 Å². The Morgan fingerprint density at radius 1 is 1.43 bits per heavy atom. The van der Waals surface area contributed by atoms with Crippen LogP contribution in [0, 0.1) is 0 Å². The zero-order valence-corrected chi connectivity index (χ0v) is 11.1. The summed E-state index contributed by atoms with van der Waals surface area (Å²) >= 11 is 2.55. The van der Waals surface area contributed by atoms with Gasteiger partial charge in [0, 0.05) is 15.5 Å². The minimum absolute atomic E-state index is 0.296. The van der Waals surface area contributed by atoms with Gasteiger partial charge in [-0.15, -0.1) is 0 Å². The van der Waals surface area contributed by atoms with E-state index < -0.39 is 0 Å². The van der Waals surface area contributed by atoms with Crippen LogP contribution in [0.5, 0.6) is 0 Å². The van der Waals surface area contributed by atoms with Gasteiger partial charge in [0.15, 0.2) is 0 Å². The Labute approximate surface area is 101 Å². The molecule has 0 amide bonds. The van der Waals surface area contributed by atoms with Crippen LogP contribution in [0.3, 0.4) is 0 Å². The van der Waals surface area contributed by atoms with Crippen LogP contribution in [0.4, 0.5) is 0 Å². The number of unbranched alkanes of at least 4 members (excludes halogenated alkanes) is 3. The maximum atomic E-state index is 5.85. The lowest BCUT2D eigenvalue weighted by Gasteiger charge is -2.26. The number of nitrogens with two attached hydrogens (primary N) is 1. The largest absolute Gasteiger partial charge is 0.402 e. The maximum absolute atomic E-state index is 5.85. The summed E-state index contributed by atoms with van der Waals surface area (Å²) in [4.78, 5) is 0. The van der Waals surface area contributed by atoms with E-state index in [0.29, 0.717) is 3.42 Å². The Morgan fingerprint density at radius 3 is 2.86 bits per heavy atom. The Kier molecular flexibility index (Phi) is 4.99. The summed E-state index contributed by atoms with van der Waals surface area (Å²) < 4.78 is 0.296. The molecule has 0 aliphatic heterocycles. The van der Waals surface area contributed by atoms with Crippen LogP contribution in [0.2, 0.25) is 0 Å². The van der Waals surface area contributed by atoms with E-state index in [0.717, 1.165) is 12.1 Å². The van der Waals surface area contributed by atoms with Gasteiger partial charge < -0.3 is 5.73 Å². The zero-order valence-electron chi connectivity index (χ0n) is 8.93. The number of halogens is 1. The molecule has 0 heterocycles. The Hall–Kier alpha value is 0.01000. The molecular weight excluding hydrogens is 285 g/mol. The molecule has 1 atom stereocenters. The summed E-state index contributed by atoms with van der Waals surface area (Å²) in [5.74, 6) is 0. The molecule has 2 heteroatoms. The van der Waals surface area contributed by atoms with Crippen LogP contribution in [-0.4, -0.2) is 3.42 Å². The highest BCUT2D eigenvalue weighted by molar-refractivity contribution is 14.1. The average molecular weight is 305 g/mol. The minimum atomic E-state index is 0.296. The highest BCUT2D eigenvalue weighted by Crippen LogP contribution is 2.35. The van der Waals surface area contributed by atoms with Gasteiger partial charge in [0.1, 0.15) is 0 Å². The topological polar surface area (TPSA) is 26.0 Å². The standard InChI is InChI=1S/C12H20IN/c1-2-3-4-5-8-12(13)9-6-7-11(14)10-12/h6-7,9H,2-5,8,10,14H2,1H3. The first-order chi connectivity index (χ1) is 6.66. The molecule has 1 aliphatic rings. The van der Waals surface area contributed by atoms with Gasteiger partial charge in [-0.1, -0.05) is 67.3 Å². The molecule has 0 fully saturated rings. The first-order valence-corrected chi connectivity index (χ1v) is 6.57. The van der Waals surface area contributed by atoms with Gasteiger partial charge in [-0.25, -0.2) is 0 Å². The quantitative estimate of drug-likeness (QED) is 0.465. The number of hydrogen-bond donors (Lipinski definition) is 1. The third kappa shape index (κ3) is 4.03.